The molecule has 32 heavy (non-hydrogen) atoms. The Morgan fingerprint density at radius 3 is 2.09 bits per heavy atom. The molecule has 0 aromatic carbocycles. The highest BCUT2D eigenvalue weighted by atomic mass is 32.1. The van der Waals surface area contributed by atoms with Crippen molar-refractivity contribution in [2.75, 3.05) is 43.4 Å². The van der Waals surface area contributed by atoms with Gasteiger partial charge in [0.25, 0.3) is 0 Å². The van der Waals surface area contributed by atoms with Gasteiger partial charge in [-0.2, -0.15) is 0 Å². The monoisotopic (exact) mass is 463 g/mol. The molecule has 0 unspecified atom stereocenters. The Hall–Kier alpha value is -1.87. The van der Waals surface area contributed by atoms with E-state index in [1.807, 2.05) is 0 Å². The number of anilines is 2. The number of carboxylic acids is 1. The highest BCUT2D eigenvalue weighted by molar-refractivity contribution is 7.19. The van der Waals surface area contributed by atoms with Crippen molar-refractivity contribution in [3.05, 3.63) is 5.69 Å². The number of nitrogens with one attached hydrogen (secondary N) is 1. The lowest BCUT2D eigenvalue weighted by Crippen LogP contribution is -2.50. The number of amides is 2. The summed E-state index contributed by atoms with van der Waals surface area (Å²) in [7, 11) is 2.10. The minimum atomic E-state index is -0.894. The number of hydrogen-bond donors (Lipinski definition) is 2. The van der Waals surface area contributed by atoms with E-state index >= 15 is 0 Å². The molecule has 3 aliphatic rings. The van der Waals surface area contributed by atoms with Crippen molar-refractivity contribution in [2.45, 2.75) is 82.7 Å². The Kier molecular flexibility index (Phi) is 7.88. The van der Waals surface area contributed by atoms with Gasteiger partial charge in [0, 0.05) is 38.3 Å². The fourth-order valence-corrected chi connectivity index (χ4v) is 6.44. The van der Waals surface area contributed by atoms with Crippen LogP contribution in [0.1, 0.15) is 69.9 Å². The predicted octanol–water partition coefficient (Wildman–Crippen LogP) is 4.02. The van der Waals surface area contributed by atoms with Crippen LogP contribution in [0.5, 0.6) is 0 Å². The van der Waals surface area contributed by atoms with Crippen LogP contribution in [0.3, 0.4) is 0 Å². The van der Waals surface area contributed by atoms with E-state index in [0.29, 0.717) is 22.9 Å². The molecular formula is C23H37N5O3S. The normalized spacial score (nSPS) is 21.5. The first-order valence-electron chi connectivity index (χ1n) is 12.3. The smallest absolute Gasteiger partial charge is 0.324 e. The van der Waals surface area contributed by atoms with Crippen LogP contribution in [-0.2, 0) is 11.2 Å². The first-order valence-corrected chi connectivity index (χ1v) is 13.1. The van der Waals surface area contributed by atoms with Gasteiger partial charge in [-0.05, 0) is 32.7 Å². The lowest BCUT2D eigenvalue weighted by atomic mass is 9.89. The topological polar surface area (TPSA) is 89.0 Å². The largest absolute Gasteiger partial charge is 0.481 e. The van der Waals surface area contributed by atoms with Crippen LogP contribution in [0.15, 0.2) is 0 Å². The average Bonchev–Trinajstić information content (AvgIpc) is 3.17. The number of aliphatic carboxylic acids is 1. The number of rotatable bonds is 6. The SMILES string of the molecule is CN1CCN(c2sc(NC(=O)N(C3CCCCC3)C3CCCCC3)nc2CC(=O)O)CC1. The van der Waals surface area contributed by atoms with Crippen LogP contribution in [0.2, 0.25) is 0 Å². The van der Waals surface area contributed by atoms with E-state index in [-0.39, 0.29) is 12.5 Å². The van der Waals surface area contributed by atoms with Crippen LogP contribution in [0.25, 0.3) is 0 Å². The van der Waals surface area contributed by atoms with Gasteiger partial charge in [0.15, 0.2) is 5.13 Å². The minimum Gasteiger partial charge on any atom is -0.481 e. The molecule has 4 rings (SSSR count). The molecule has 1 aliphatic heterocycles. The average molecular weight is 464 g/mol. The van der Waals surface area contributed by atoms with Crippen LogP contribution in [0.4, 0.5) is 14.9 Å². The van der Waals surface area contributed by atoms with Crippen molar-refractivity contribution in [1.29, 1.82) is 0 Å². The molecule has 3 fully saturated rings. The second-order valence-electron chi connectivity index (χ2n) is 9.55. The number of carbonyl (C=O) groups excluding carboxylic acids is 1. The lowest BCUT2D eigenvalue weighted by Gasteiger charge is -2.41. The van der Waals surface area contributed by atoms with Gasteiger partial charge < -0.3 is 19.8 Å². The fourth-order valence-electron chi connectivity index (χ4n) is 5.42. The third-order valence-corrected chi connectivity index (χ3v) is 8.24. The quantitative estimate of drug-likeness (QED) is 0.662. The zero-order chi connectivity index (χ0) is 22.5. The molecule has 0 bridgehead atoms. The van der Waals surface area contributed by atoms with E-state index in [2.05, 4.69) is 32.0 Å². The Morgan fingerprint density at radius 1 is 1.00 bits per heavy atom. The van der Waals surface area contributed by atoms with Gasteiger partial charge >= 0.3 is 12.0 Å². The number of urea groups is 1. The second-order valence-corrected chi connectivity index (χ2v) is 10.5. The summed E-state index contributed by atoms with van der Waals surface area (Å²) in [6, 6.07) is 0.564. The van der Waals surface area contributed by atoms with Crippen LogP contribution >= 0.6 is 11.3 Å². The predicted molar refractivity (Wildman–Crippen MR) is 128 cm³/mol. The number of hydrogen-bond acceptors (Lipinski definition) is 6. The molecule has 0 spiro atoms. The Bertz CT molecular complexity index is 763. The van der Waals surface area contributed by atoms with Gasteiger partial charge in [0.1, 0.15) is 5.00 Å². The van der Waals surface area contributed by atoms with E-state index in [1.54, 1.807) is 0 Å². The number of carboxylic acid groups (broad SMARTS) is 1. The molecule has 1 aromatic rings. The first kappa shape index (κ1) is 23.3. The standard InChI is InChI=1S/C23H37N5O3S/c1-26-12-14-27(15-13-26)21-19(16-20(29)30)24-22(32-21)25-23(31)28(17-8-4-2-5-9-17)18-10-6-3-7-11-18/h17-18H,2-16H2,1H3,(H,29,30)(H,24,25,31). The number of piperazine rings is 1. The molecule has 2 saturated carbocycles. The molecule has 2 N–H and O–H groups in total. The van der Waals surface area contributed by atoms with Gasteiger partial charge in [-0.25, -0.2) is 9.78 Å². The number of thiazole rings is 1. The molecule has 9 heteroatoms. The summed E-state index contributed by atoms with van der Waals surface area (Å²) in [5.74, 6) is -0.894. The summed E-state index contributed by atoms with van der Waals surface area (Å²) in [4.78, 5) is 36.2. The van der Waals surface area contributed by atoms with Gasteiger partial charge in [-0.15, -0.1) is 0 Å². The first-order chi connectivity index (χ1) is 15.5. The zero-order valence-electron chi connectivity index (χ0n) is 19.2. The zero-order valence-corrected chi connectivity index (χ0v) is 20.0. The molecule has 8 nitrogen and oxygen atoms in total. The van der Waals surface area contributed by atoms with Gasteiger partial charge in [-0.1, -0.05) is 49.9 Å². The Balaban J connectivity index is 1.52. The van der Waals surface area contributed by atoms with Crippen molar-refractivity contribution in [3.63, 3.8) is 0 Å². The summed E-state index contributed by atoms with van der Waals surface area (Å²) < 4.78 is 0. The molecule has 2 amide bonds. The van der Waals surface area contributed by atoms with Crippen LogP contribution in [0, 0.1) is 0 Å². The highest BCUT2D eigenvalue weighted by Crippen LogP contribution is 2.35. The molecule has 1 saturated heterocycles. The number of nitrogens with zero attached hydrogens (tertiary/aromatic N) is 4. The van der Waals surface area contributed by atoms with E-state index < -0.39 is 5.97 Å². The highest BCUT2D eigenvalue weighted by Gasteiger charge is 2.33. The van der Waals surface area contributed by atoms with E-state index in [0.717, 1.165) is 56.9 Å². The van der Waals surface area contributed by atoms with Crippen molar-refractivity contribution in [3.8, 4) is 0 Å². The summed E-state index contributed by atoms with van der Waals surface area (Å²) in [5.41, 5.74) is 0.559. The lowest BCUT2D eigenvalue weighted by molar-refractivity contribution is -0.136. The van der Waals surface area contributed by atoms with Crippen molar-refractivity contribution < 1.29 is 14.7 Å². The van der Waals surface area contributed by atoms with E-state index in [4.69, 9.17) is 0 Å². The molecule has 0 atom stereocenters. The minimum absolute atomic E-state index is 0.0515. The molecular weight excluding hydrogens is 426 g/mol. The van der Waals surface area contributed by atoms with Crippen LogP contribution < -0.4 is 10.2 Å². The maximum atomic E-state index is 13.5. The van der Waals surface area contributed by atoms with Crippen molar-refractivity contribution >= 4 is 33.5 Å². The van der Waals surface area contributed by atoms with Gasteiger partial charge in [0.05, 0.1) is 12.1 Å². The molecule has 0 radical (unpaired) electrons. The number of carbonyl (C=O) groups is 2. The summed E-state index contributed by atoms with van der Waals surface area (Å²) in [6.45, 7) is 3.55. The summed E-state index contributed by atoms with van der Waals surface area (Å²) in [5, 5.41) is 13.9. The van der Waals surface area contributed by atoms with Crippen molar-refractivity contribution in [2.24, 2.45) is 0 Å². The molecule has 1 aromatic heterocycles. The second kappa shape index (κ2) is 10.8. The number of aromatic nitrogens is 1. The maximum Gasteiger partial charge on any atom is 0.324 e. The molecule has 178 valence electrons. The van der Waals surface area contributed by atoms with E-state index in [1.165, 1.54) is 49.9 Å². The third kappa shape index (κ3) is 5.73. The maximum absolute atomic E-state index is 13.5. The van der Waals surface area contributed by atoms with E-state index in [9.17, 15) is 14.7 Å². The Labute approximate surface area is 195 Å². The van der Waals surface area contributed by atoms with Crippen LogP contribution in [-0.4, -0.2) is 77.2 Å². The van der Waals surface area contributed by atoms with Gasteiger partial charge in [-0.3, -0.25) is 10.1 Å². The third-order valence-electron chi connectivity index (χ3n) is 7.17. The Morgan fingerprint density at radius 2 is 1.56 bits per heavy atom. The number of likely N-dealkylation sites (N-methyl/N-ethyl adjacent to an activating group) is 1. The summed E-state index contributed by atoms with van der Waals surface area (Å²) in [6.07, 6.45) is 11.5. The molecule has 2 heterocycles. The van der Waals surface area contributed by atoms with Gasteiger partial charge in [0.2, 0.25) is 0 Å². The summed E-state index contributed by atoms with van der Waals surface area (Å²) >= 11 is 1.42. The fraction of sp³-hybridized carbons (Fsp3) is 0.783. The molecule has 2 aliphatic carbocycles. The van der Waals surface area contributed by atoms with Crippen molar-refractivity contribution in [1.82, 2.24) is 14.8 Å².